The predicted octanol–water partition coefficient (Wildman–Crippen LogP) is 4.89. The van der Waals surface area contributed by atoms with Gasteiger partial charge in [0.2, 0.25) is 0 Å². The standard InChI is InChI=1S/C16H14BrClO2/c1-11(16(19)13-4-8-15(18)9-5-13)20-10-12-2-6-14(17)7-3-12/h2-9,11H,10H2,1H3. The highest BCUT2D eigenvalue weighted by molar-refractivity contribution is 9.10. The van der Waals surface area contributed by atoms with Crippen molar-refractivity contribution in [2.45, 2.75) is 19.6 Å². The fraction of sp³-hybridized carbons (Fsp3) is 0.188. The summed E-state index contributed by atoms with van der Waals surface area (Å²) in [6.45, 7) is 2.17. The van der Waals surface area contributed by atoms with Crippen molar-refractivity contribution in [2.75, 3.05) is 0 Å². The van der Waals surface area contributed by atoms with E-state index in [0.717, 1.165) is 10.0 Å². The number of carbonyl (C=O) groups excluding carboxylic acids is 1. The molecule has 0 aromatic heterocycles. The second-order valence-corrected chi connectivity index (χ2v) is 5.80. The van der Waals surface area contributed by atoms with E-state index in [9.17, 15) is 4.79 Å². The van der Waals surface area contributed by atoms with Gasteiger partial charge in [0.05, 0.1) is 6.61 Å². The molecule has 0 heterocycles. The molecule has 0 aliphatic rings. The first kappa shape index (κ1) is 15.2. The molecule has 0 N–H and O–H groups in total. The number of ether oxygens (including phenoxy) is 1. The maximum absolute atomic E-state index is 12.2. The van der Waals surface area contributed by atoms with Crippen LogP contribution in [0.5, 0.6) is 0 Å². The third-order valence-electron chi connectivity index (χ3n) is 2.91. The number of hydrogen-bond acceptors (Lipinski definition) is 2. The fourth-order valence-electron chi connectivity index (χ4n) is 1.73. The number of carbonyl (C=O) groups is 1. The van der Waals surface area contributed by atoms with E-state index in [1.165, 1.54) is 0 Å². The van der Waals surface area contributed by atoms with Crippen LogP contribution in [0.3, 0.4) is 0 Å². The Balaban J connectivity index is 1.94. The third kappa shape index (κ3) is 4.17. The summed E-state index contributed by atoms with van der Waals surface area (Å²) in [4.78, 5) is 12.2. The molecule has 1 unspecified atom stereocenters. The molecule has 0 radical (unpaired) electrons. The highest BCUT2D eigenvalue weighted by atomic mass is 79.9. The molecule has 0 saturated carbocycles. The van der Waals surface area contributed by atoms with Crippen molar-refractivity contribution in [3.05, 3.63) is 69.2 Å². The topological polar surface area (TPSA) is 26.3 Å². The van der Waals surface area contributed by atoms with Gasteiger partial charge in [-0.1, -0.05) is 39.7 Å². The number of rotatable bonds is 5. The molecule has 104 valence electrons. The van der Waals surface area contributed by atoms with Crippen molar-refractivity contribution in [3.63, 3.8) is 0 Å². The molecule has 0 bridgehead atoms. The van der Waals surface area contributed by atoms with E-state index >= 15 is 0 Å². The van der Waals surface area contributed by atoms with Gasteiger partial charge in [-0.25, -0.2) is 0 Å². The lowest BCUT2D eigenvalue weighted by molar-refractivity contribution is 0.0412. The molecule has 0 aliphatic carbocycles. The Morgan fingerprint density at radius 2 is 1.75 bits per heavy atom. The van der Waals surface area contributed by atoms with E-state index in [4.69, 9.17) is 16.3 Å². The van der Waals surface area contributed by atoms with Gasteiger partial charge in [0.25, 0.3) is 0 Å². The van der Waals surface area contributed by atoms with Crippen LogP contribution in [-0.2, 0) is 11.3 Å². The van der Waals surface area contributed by atoms with Crippen LogP contribution in [0.15, 0.2) is 53.0 Å². The summed E-state index contributed by atoms with van der Waals surface area (Å²) in [6, 6.07) is 14.7. The van der Waals surface area contributed by atoms with E-state index in [0.29, 0.717) is 17.2 Å². The molecule has 1 atom stereocenters. The smallest absolute Gasteiger partial charge is 0.191 e. The van der Waals surface area contributed by atoms with Crippen molar-refractivity contribution < 1.29 is 9.53 Å². The summed E-state index contributed by atoms with van der Waals surface area (Å²) in [5, 5.41) is 0.616. The van der Waals surface area contributed by atoms with E-state index in [1.807, 2.05) is 24.3 Å². The molecule has 20 heavy (non-hydrogen) atoms. The van der Waals surface area contributed by atoms with Gasteiger partial charge in [0, 0.05) is 15.1 Å². The number of halogens is 2. The zero-order valence-corrected chi connectivity index (χ0v) is 13.3. The van der Waals surface area contributed by atoms with Gasteiger partial charge in [-0.3, -0.25) is 4.79 Å². The second kappa shape index (κ2) is 7.02. The summed E-state index contributed by atoms with van der Waals surface area (Å²) in [5.74, 6) is -0.0428. The number of hydrogen-bond donors (Lipinski definition) is 0. The molecule has 2 aromatic carbocycles. The Kier molecular flexibility index (Phi) is 5.35. The number of Topliss-reactive ketones (excluding diaryl/α,β-unsaturated/α-hetero) is 1. The molecular weight excluding hydrogens is 340 g/mol. The van der Waals surface area contributed by atoms with Crippen molar-refractivity contribution in [1.29, 1.82) is 0 Å². The zero-order valence-electron chi connectivity index (χ0n) is 11.0. The van der Waals surface area contributed by atoms with Gasteiger partial charge in [-0.05, 0) is 48.9 Å². The largest absolute Gasteiger partial charge is 0.366 e. The maximum Gasteiger partial charge on any atom is 0.191 e. The van der Waals surface area contributed by atoms with Crippen LogP contribution < -0.4 is 0 Å². The first-order valence-electron chi connectivity index (χ1n) is 6.22. The van der Waals surface area contributed by atoms with Crippen molar-refractivity contribution in [3.8, 4) is 0 Å². The summed E-state index contributed by atoms with van der Waals surface area (Å²) in [7, 11) is 0. The molecule has 2 nitrogen and oxygen atoms in total. The van der Waals surface area contributed by atoms with Crippen LogP contribution in [0.25, 0.3) is 0 Å². The summed E-state index contributed by atoms with van der Waals surface area (Å²) >= 11 is 9.18. The molecule has 0 amide bonds. The lowest BCUT2D eigenvalue weighted by atomic mass is 10.1. The van der Waals surface area contributed by atoms with Gasteiger partial charge in [-0.2, -0.15) is 0 Å². The van der Waals surface area contributed by atoms with Gasteiger partial charge in [-0.15, -0.1) is 0 Å². The maximum atomic E-state index is 12.2. The Morgan fingerprint density at radius 1 is 1.15 bits per heavy atom. The predicted molar refractivity (Wildman–Crippen MR) is 84.2 cm³/mol. The first-order valence-corrected chi connectivity index (χ1v) is 7.39. The van der Waals surface area contributed by atoms with Gasteiger partial charge in [0.15, 0.2) is 5.78 Å². The van der Waals surface area contributed by atoms with Crippen molar-refractivity contribution in [2.24, 2.45) is 0 Å². The Morgan fingerprint density at radius 3 is 2.35 bits per heavy atom. The van der Waals surface area contributed by atoms with Gasteiger partial charge in [0.1, 0.15) is 6.10 Å². The van der Waals surface area contributed by atoms with Crippen molar-refractivity contribution in [1.82, 2.24) is 0 Å². The number of ketones is 1. The van der Waals surface area contributed by atoms with Crippen LogP contribution in [0.4, 0.5) is 0 Å². The van der Waals surface area contributed by atoms with Gasteiger partial charge < -0.3 is 4.74 Å². The summed E-state index contributed by atoms with van der Waals surface area (Å²) < 4.78 is 6.64. The molecular formula is C16H14BrClO2. The summed E-state index contributed by atoms with van der Waals surface area (Å²) in [6.07, 6.45) is -0.486. The van der Waals surface area contributed by atoms with Crippen LogP contribution in [0.1, 0.15) is 22.8 Å². The monoisotopic (exact) mass is 352 g/mol. The molecule has 0 fully saturated rings. The highest BCUT2D eigenvalue weighted by Gasteiger charge is 2.15. The van der Waals surface area contributed by atoms with Gasteiger partial charge >= 0.3 is 0 Å². The van der Waals surface area contributed by atoms with E-state index in [-0.39, 0.29) is 5.78 Å². The number of benzene rings is 2. The molecule has 0 aliphatic heterocycles. The SMILES string of the molecule is CC(OCc1ccc(Br)cc1)C(=O)c1ccc(Cl)cc1. The Bertz CT molecular complexity index is 578. The lowest BCUT2D eigenvalue weighted by Crippen LogP contribution is -2.20. The highest BCUT2D eigenvalue weighted by Crippen LogP contribution is 2.15. The van der Waals surface area contributed by atoms with Crippen molar-refractivity contribution >= 4 is 33.3 Å². The third-order valence-corrected chi connectivity index (χ3v) is 3.69. The lowest BCUT2D eigenvalue weighted by Gasteiger charge is -2.12. The fourth-order valence-corrected chi connectivity index (χ4v) is 2.12. The minimum absolute atomic E-state index is 0.0428. The zero-order chi connectivity index (χ0) is 14.5. The van der Waals surface area contributed by atoms with Crippen LogP contribution in [0.2, 0.25) is 5.02 Å². The minimum Gasteiger partial charge on any atom is -0.366 e. The average molecular weight is 354 g/mol. The Hall–Kier alpha value is -1.16. The van der Waals surface area contributed by atoms with Crippen LogP contribution in [-0.4, -0.2) is 11.9 Å². The molecule has 4 heteroatoms. The molecule has 2 rings (SSSR count). The van der Waals surface area contributed by atoms with E-state index < -0.39 is 6.10 Å². The minimum atomic E-state index is -0.486. The second-order valence-electron chi connectivity index (χ2n) is 4.45. The van der Waals surface area contributed by atoms with E-state index in [2.05, 4.69) is 15.9 Å². The molecule has 0 spiro atoms. The molecule has 0 saturated heterocycles. The first-order chi connectivity index (χ1) is 9.56. The summed E-state index contributed by atoms with van der Waals surface area (Å²) in [5.41, 5.74) is 1.64. The normalized spacial score (nSPS) is 12.2. The average Bonchev–Trinajstić information content (AvgIpc) is 2.46. The quantitative estimate of drug-likeness (QED) is 0.715. The van der Waals surface area contributed by atoms with Crippen LogP contribution in [0, 0.1) is 0 Å². The van der Waals surface area contributed by atoms with E-state index in [1.54, 1.807) is 31.2 Å². The Labute approximate surface area is 131 Å². The van der Waals surface area contributed by atoms with Crippen LogP contribution >= 0.6 is 27.5 Å². The molecule has 2 aromatic rings.